The third-order valence-electron chi connectivity index (χ3n) is 4.45. The molecule has 0 amide bonds. The van der Waals surface area contributed by atoms with Gasteiger partial charge in [-0.05, 0) is 47.7 Å². The smallest absolute Gasteiger partial charge is 0.329 e. The third kappa shape index (κ3) is 3.12. The summed E-state index contributed by atoms with van der Waals surface area (Å²) in [5.74, 6) is -0.932. The molecule has 2 unspecified atom stereocenters. The van der Waals surface area contributed by atoms with Crippen molar-refractivity contribution in [3.05, 3.63) is 28.5 Å². The predicted molar refractivity (Wildman–Crippen MR) is 81.0 cm³/mol. The van der Waals surface area contributed by atoms with Gasteiger partial charge in [0.05, 0.1) is 5.60 Å². The van der Waals surface area contributed by atoms with Gasteiger partial charge in [0.25, 0.3) is 0 Å². The summed E-state index contributed by atoms with van der Waals surface area (Å²) in [5.41, 5.74) is 0.400. The Morgan fingerprint density at radius 2 is 2.19 bits per heavy atom. The van der Waals surface area contributed by atoms with Crippen LogP contribution < -0.4 is 5.32 Å². The third-order valence-corrected chi connectivity index (χ3v) is 5.08. The van der Waals surface area contributed by atoms with Crippen LogP contribution in [0.25, 0.3) is 0 Å². The average Bonchev–Trinajstić information content (AvgIpc) is 2.45. The molecule has 2 atom stereocenters. The van der Waals surface area contributed by atoms with Crippen molar-refractivity contribution in [2.24, 2.45) is 0 Å². The number of carboxylic acid groups (broad SMARTS) is 1. The highest BCUT2D eigenvalue weighted by Crippen LogP contribution is 2.44. The molecule has 3 rings (SSSR count). The van der Waals surface area contributed by atoms with Gasteiger partial charge in [-0.2, -0.15) is 0 Å². The lowest BCUT2D eigenvalue weighted by Crippen LogP contribution is -2.55. The van der Waals surface area contributed by atoms with Crippen LogP contribution in [0.1, 0.15) is 37.7 Å². The number of hydrogen-bond acceptors (Lipinski definition) is 4. The molecule has 0 saturated carbocycles. The Morgan fingerprint density at radius 1 is 1.48 bits per heavy atom. The normalized spacial score (nSPS) is 31.9. The fraction of sp³-hybridized carbons (Fsp3) is 0.600. The zero-order valence-corrected chi connectivity index (χ0v) is 13.3. The van der Waals surface area contributed by atoms with E-state index in [2.05, 4.69) is 26.2 Å². The highest BCUT2D eigenvalue weighted by molar-refractivity contribution is 9.10. The van der Waals surface area contributed by atoms with Crippen molar-refractivity contribution in [1.82, 2.24) is 10.3 Å². The van der Waals surface area contributed by atoms with Gasteiger partial charge in [0.1, 0.15) is 11.2 Å². The number of rotatable bonds is 4. The molecular weight excluding hydrogens is 336 g/mol. The molecular formula is C15H19BrN2O3. The molecule has 2 aliphatic rings. The van der Waals surface area contributed by atoms with Gasteiger partial charge < -0.3 is 15.2 Å². The molecule has 21 heavy (non-hydrogen) atoms. The first kappa shape index (κ1) is 14.9. The molecule has 5 nitrogen and oxygen atoms in total. The molecule has 0 spiro atoms. The summed E-state index contributed by atoms with van der Waals surface area (Å²) in [7, 11) is 0. The van der Waals surface area contributed by atoms with Crippen molar-refractivity contribution < 1.29 is 14.6 Å². The largest absolute Gasteiger partial charge is 0.480 e. The van der Waals surface area contributed by atoms with Crippen LogP contribution in [0.15, 0.2) is 22.9 Å². The van der Waals surface area contributed by atoms with Gasteiger partial charge in [-0.1, -0.05) is 12.5 Å². The molecule has 3 heterocycles. The van der Waals surface area contributed by atoms with Crippen LogP contribution in [-0.2, 0) is 15.1 Å². The number of halogens is 1. The maximum absolute atomic E-state index is 11.0. The van der Waals surface area contributed by atoms with E-state index in [0.29, 0.717) is 12.1 Å². The van der Waals surface area contributed by atoms with Crippen LogP contribution in [0.4, 0.5) is 0 Å². The standard InChI is InChI=1S/C15H19BrN2O3/c16-14-12(5-2-6-17-14)15(21-9-13(19)20)7-10-3-1-4-11(8-15)18-10/h2,5-6,10-11,18H,1,3-4,7-9H2,(H,19,20). The Bertz CT molecular complexity index is 525. The van der Waals surface area contributed by atoms with E-state index in [1.165, 1.54) is 6.42 Å². The number of piperidine rings is 2. The van der Waals surface area contributed by atoms with Crippen molar-refractivity contribution in [1.29, 1.82) is 0 Å². The molecule has 1 aromatic heterocycles. The van der Waals surface area contributed by atoms with E-state index in [9.17, 15) is 4.79 Å². The Balaban J connectivity index is 1.95. The lowest BCUT2D eigenvalue weighted by Gasteiger charge is -2.48. The Labute approximate surface area is 132 Å². The summed E-state index contributed by atoms with van der Waals surface area (Å²) in [6.45, 7) is -0.277. The molecule has 0 radical (unpaired) electrons. The van der Waals surface area contributed by atoms with E-state index >= 15 is 0 Å². The zero-order chi connectivity index (χ0) is 14.9. The molecule has 6 heteroatoms. The molecule has 0 aromatic carbocycles. The van der Waals surface area contributed by atoms with Crippen molar-refractivity contribution in [3.8, 4) is 0 Å². The number of nitrogens with zero attached hydrogens (tertiary/aromatic N) is 1. The van der Waals surface area contributed by atoms with E-state index < -0.39 is 11.6 Å². The van der Waals surface area contributed by atoms with Crippen molar-refractivity contribution in [2.75, 3.05) is 6.61 Å². The maximum Gasteiger partial charge on any atom is 0.329 e. The minimum absolute atomic E-state index is 0.277. The van der Waals surface area contributed by atoms with Crippen LogP contribution in [0.5, 0.6) is 0 Å². The lowest BCUT2D eigenvalue weighted by molar-refractivity contribution is -0.156. The first-order valence-corrected chi connectivity index (χ1v) is 8.11. The highest BCUT2D eigenvalue weighted by Gasteiger charge is 2.45. The van der Waals surface area contributed by atoms with Crippen LogP contribution in [0, 0.1) is 0 Å². The number of aromatic nitrogens is 1. The second-order valence-electron chi connectivity index (χ2n) is 5.92. The van der Waals surface area contributed by atoms with Crippen LogP contribution in [-0.4, -0.2) is 34.8 Å². The van der Waals surface area contributed by atoms with Crippen molar-refractivity contribution in [3.63, 3.8) is 0 Å². The topological polar surface area (TPSA) is 71.5 Å². The van der Waals surface area contributed by atoms with Gasteiger partial charge in [0, 0.05) is 23.8 Å². The van der Waals surface area contributed by atoms with Gasteiger partial charge in [0.15, 0.2) is 0 Å². The van der Waals surface area contributed by atoms with Crippen molar-refractivity contribution >= 4 is 21.9 Å². The maximum atomic E-state index is 11.0. The lowest BCUT2D eigenvalue weighted by atomic mass is 9.74. The Kier molecular flexibility index (Phi) is 4.28. The number of pyridine rings is 1. The number of hydrogen-bond donors (Lipinski definition) is 2. The first-order chi connectivity index (χ1) is 10.1. The van der Waals surface area contributed by atoms with E-state index in [1.54, 1.807) is 6.20 Å². The molecule has 2 N–H and O–H groups in total. The predicted octanol–water partition coefficient (Wildman–Crippen LogP) is 2.45. The van der Waals surface area contributed by atoms with Gasteiger partial charge >= 0.3 is 5.97 Å². The summed E-state index contributed by atoms with van der Waals surface area (Å²) in [6, 6.07) is 4.64. The molecule has 2 saturated heterocycles. The van der Waals surface area contributed by atoms with E-state index in [4.69, 9.17) is 9.84 Å². The fourth-order valence-corrected chi connectivity index (χ4v) is 4.26. The average molecular weight is 355 g/mol. The zero-order valence-electron chi connectivity index (χ0n) is 11.7. The number of nitrogens with one attached hydrogen (secondary N) is 1. The summed E-state index contributed by atoms with van der Waals surface area (Å²) >= 11 is 3.49. The number of carbonyl (C=O) groups is 1. The second kappa shape index (κ2) is 6.02. The van der Waals surface area contributed by atoms with Crippen LogP contribution in [0.3, 0.4) is 0 Å². The van der Waals surface area contributed by atoms with E-state index in [1.807, 2.05) is 12.1 Å². The minimum Gasteiger partial charge on any atom is -0.480 e. The van der Waals surface area contributed by atoms with Gasteiger partial charge in [-0.3, -0.25) is 0 Å². The summed E-state index contributed by atoms with van der Waals surface area (Å²) in [6.07, 6.45) is 6.77. The number of aliphatic carboxylic acids is 1. The first-order valence-electron chi connectivity index (χ1n) is 7.32. The Morgan fingerprint density at radius 3 is 2.81 bits per heavy atom. The SMILES string of the molecule is O=C(O)COC1(c2cccnc2Br)CC2CCCC(C1)N2. The second-order valence-corrected chi connectivity index (χ2v) is 6.67. The summed E-state index contributed by atoms with van der Waals surface area (Å²) in [4.78, 5) is 15.3. The van der Waals surface area contributed by atoms with Crippen molar-refractivity contribution in [2.45, 2.75) is 49.8 Å². The molecule has 2 fully saturated rings. The Hall–Kier alpha value is -0.980. The minimum atomic E-state index is -0.932. The molecule has 1 aromatic rings. The number of ether oxygens (including phenoxy) is 1. The fourth-order valence-electron chi connectivity index (χ4n) is 3.65. The molecule has 2 bridgehead atoms. The number of fused-ring (bicyclic) bond motifs is 2. The monoisotopic (exact) mass is 354 g/mol. The van der Waals surface area contributed by atoms with Gasteiger partial charge in [-0.25, -0.2) is 9.78 Å². The van der Waals surface area contributed by atoms with E-state index in [-0.39, 0.29) is 6.61 Å². The molecule has 0 aliphatic carbocycles. The van der Waals surface area contributed by atoms with Crippen LogP contribution in [0.2, 0.25) is 0 Å². The van der Waals surface area contributed by atoms with Gasteiger partial charge in [0.2, 0.25) is 0 Å². The molecule has 114 valence electrons. The molecule has 2 aliphatic heterocycles. The summed E-state index contributed by atoms with van der Waals surface area (Å²) < 4.78 is 6.67. The van der Waals surface area contributed by atoms with E-state index in [0.717, 1.165) is 35.8 Å². The quantitative estimate of drug-likeness (QED) is 0.812. The highest BCUT2D eigenvalue weighted by atomic mass is 79.9. The van der Waals surface area contributed by atoms with Gasteiger partial charge in [-0.15, -0.1) is 0 Å². The van der Waals surface area contributed by atoms with Crippen LogP contribution >= 0.6 is 15.9 Å². The summed E-state index contributed by atoms with van der Waals surface area (Å²) in [5, 5.41) is 12.6. The number of carboxylic acids is 1.